The third kappa shape index (κ3) is 2.44. The lowest BCUT2D eigenvalue weighted by molar-refractivity contribution is 0.206. The molecule has 2 aromatic carbocycles. The van der Waals surface area contributed by atoms with Gasteiger partial charge in [0, 0.05) is 24.7 Å². The van der Waals surface area contributed by atoms with E-state index in [0.717, 1.165) is 6.42 Å². The molecule has 2 N–H and O–H groups in total. The Morgan fingerprint density at radius 2 is 1.96 bits per heavy atom. The molecule has 5 heteroatoms. The van der Waals surface area contributed by atoms with Crippen LogP contribution in [0.3, 0.4) is 0 Å². The summed E-state index contributed by atoms with van der Waals surface area (Å²) >= 11 is 0. The second kappa shape index (κ2) is 5.43. The van der Waals surface area contributed by atoms with Crippen molar-refractivity contribution in [2.75, 3.05) is 11.9 Å². The summed E-state index contributed by atoms with van der Waals surface area (Å²) in [5.41, 5.74) is 3.49. The van der Waals surface area contributed by atoms with Crippen molar-refractivity contribution in [2.45, 2.75) is 13.0 Å². The first-order chi connectivity index (χ1) is 11.2. The zero-order chi connectivity index (χ0) is 15.8. The molecular formula is C18H16FN3O. The SMILES string of the molecule is O=C(Nc1c[nH]c2c(F)cccc12)N1CCc2ccccc2C1. The Bertz CT molecular complexity index is 887. The number of rotatable bonds is 1. The minimum Gasteiger partial charge on any atom is -0.357 e. The molecule has 0 radical (unpaired) electrons. The quantitative estimate of drug-likeness (QED) is 0.704. The minimum absolute atomic E-state index is 0.162. The van der Waals surface area contributed by atoms with Crippen LogP contribution < -0.4 is 5.32 Å². The van der Waals surface area contributed by atoms with Crippen molar-refractivity contribution in [3.63, 3.8) is 0 Å². The van der Waals surface area contributed by atoms with Gasteiger partial charge < -0.3 is 15.2 Å². The molecule has 2 heterocycles. The molecule has 1 aliphatic rings. The fourth-order valence-electron chi connectivity index (χ4n) is 3.08. The molecule has 116 valence electrons. The highest BCUT2D eigenvalue weighted by Gasteiger charge is 2.21. The standard InChI is InChI=1S/C18H16FN3O/c19-15-7-3-6-14-16(10-20-17(14)15)21-18(23)22-9-8-12-4-1-2-5-13(12)11-22/h1-7,10,20H,8-9,11H2,(H,21,23). The summed E-state index contributed by atoms with van der Waals surface area (Å²) in [4.78, 5) is 17.2. The van der Waals surface area contributed by atoms with E-state index in [1.807, 2.05) is 12.1 Å². The van der Waals surface area contributed by atoms with Crippen molar-refractivity contribution in [1.29, 1.82) is 0 Å². The number of hydrogen-bond acceptors (Lipinski definition) is 1. The number of anilines is 1. The molecule has 4 nitrogen and oxygen atoms in total. The predicted octanol–water partition coefficient (Wildman–Crippen LogP) is 3.90. The Morgan fingerprint density at radius 3 is 2.83 bits per heavy atom. The van der Waals surface area contributed by atoms with Gasteiger partial charge >= 0.3 is 6.03 Å². The largest absolute Gasteiger partial charge is 0.357 e. The van der Waals surface area contributed by atoms with Gasteiger partial charge in [0.05, 0.1) is 11.2 Å². The Kier molecular flexibility index (Phi) is 3.26. The van der Waals surface area contributed by atoms with Crippen LogP contribution >= 0.6 is 0 Å². The topological polar surface area (TPSA) is 48.1 Å². The number of fused-ring (bicyclic) bond motifs is 2. The number of nitrogens with zero attached hydrogens (tertiary/aromatic N) is 1. The van der Waals surface area contributed by atoms with Crippen LogP contribution in [0.1, 0.15) is 11.1 Å². The maximum atomic E-state index is 13.7. The van der Waals surface area contributed by atoms with E-state index in [0.29, 0.717) is 29.7 Å². The lowest BCUT2D eigenvalue weighted by atomic mass is 10.0. The highest BCUT2D eigenvalue weighted by atomic mass is 19.1. The smallest absolute Gasteiger partial charge is 0.322 e. The molecule has 4 rings (SSSR count). The van der Waals surface area contributed by atoms with E-state index in [4.69, 9.17) is 0 Å². The van der Waals surface area contributed by atoms with Crippen molar-refractivity contribution in [3.8, 4) is 0 Å². The molecule has 0 spiro atoms. The Labute approximate surface area is 132 Å². The summed E-state index contributed by atoms with van der Waals surface area (Å²) < 4.78 is 13.7. The van der Waals surface area contributed by atoms with E-state index in [1.165, 1.54) is 17.2 Å². The van der Waals surface area contributed by atoms with Gasteiger partial charge in [-0.25, -0.2) is 9.18 Å². The summed E-state index contributed by atoms with van der Waals surface area (Å²) in [6, 6.07) is 12.8. The van der Waals surface area contributed by atoms with Crippen molar-refractivity contribution in [2.24, 2.45) is 0 Å². The van der Waals surface area contributed by atoms with Crippen LogP contribution in [0, 0.1) is 5.82 Å². The molecule has 0 bridgehead atoms. The van der Waals surface area contributed by atoms with Gasteiger partial charge in [-0.1, -0.05) is 36.4 Å². The number of carbonyl (C=O) groups excluding carboxylic acids is 1. The van der Waals surface area contributed by atoms with E-state index in [2.05, 4.69) is 22.4 Å². The Hall–Kier alpha value is -2.82. The molecule has 1 aliphatic heterocycles. The van der Waals surface area contributed by atoms with Crippen molar-refractivity contribution < 1.29 is 9.18 Å². The number of benzene rings is 2. The summed E-state index contributed by atoms with van der Waals surface area (Å²) in [6.45, 7) is 1.28. The number of carbonyl (C=O) groups is 1. The van der Waals surface area contributed by atoms with E-state index in [9.17, 15) is 9.18 Å². The van der Waals surface area contributed by atoms with Crippen LogP contribution in [-0.2, 0) is 13.0 Å². The molecule has 0 fully saturated rings. The van der Waals surface area contributed by atoms with Crippen LogP contribution in [0.2, 0.25) is 0 Å². The lowest BCUT2D eigenvalue weighted by Crippen LogP contribution is -2.38. The average Bonchev–Trinajstić information content (AvgIpc) is 2.99. The zero-order valence-corrected chi connectivity index (χ0v) is 12.5. The number of nitrogens with one attached hydrogen (secondary N) is 2. The predicted molar refractivity (Wildman–Crippen MR) is 87.8 cm³/mol. The van der Waals surface area contributed by atoms with Crippen molar-refractivity contribution >= 4 is 22.6 Å². The summed E-state index contributed by atoms with van der Waals surface area (Å²) in [5.74, 6) is -0.324. The molecule has 23 heavy (non-hydrogen) atoms. The number of para-hydroxylation sites is 1. The summed E-state index contributed by atoms with van der Waals surface area (Å²) in [5, 5.41) is 3.56. The van der Waals surface area contributed by atoms with Crippen molar-refractivity contribution in [1.82, 2.24) is 9.88 Å². The fourth-order valence-corrected chi connectivity index (χ4v) is 3.08. The van der Waals surface area contributed by atoms with E-state index in [-0.39, 0.29) is 11.8 Å². The van der Waals surface area contributed by atoms with E-state index in [1.54, 1.807) is 23.2 Å². The molecule has 0 aliphatic carbocycles. The van der Waals surface area contributed by atoms with Crippen LogP contribution in [0.25, 0.3) is 10.9 Å². The summed E-state index contributed by atoms with van der Waals surface area (Å²) in [7, 11) is 0. The number of halogens is 1. The second-order valence-electron chi connectivity index (χ2n) is 5.74. The summed E-state index contributed by atoms with van der Waals surface area (Å²) in [6.07, 6.45) is 2.48. The molecule has 0 saturated carbocycles. The number of urea groups is 1. The third-order valence-corrected chi connectivity index (χ3v) is 4.32. The van der Waals surface area contributed by atoms with E-state index < -0.39 is 0 Å². The van der Waals surface area contributed by atoms with Crippen LogP contribution in [0.15, 0.2) is 48.7 Å². The monoisotopic (exact) mass is 309 g/mol. The van der Waals surface area contributed by atoms with Gasteiger partial charge in [-0.2, -0.15) is 0 Å². The molecular weight excluding hydrogens is 293 g/mol. The lowest BCUT2D eigenvalue weighted by Gasteiger charge is -2.28. The van der Waals surface area contributed by atoms with Gasteiger partial charge in [-0.3, -0.25) is 0 Å². The van der Waals surface area contributed by atoms with Crippen LogP contribution in [-0.4, -0.2) is 22.5 Å². The first-order valence-electron chi connectivity index (χ1n) is 7.60. The number of H-pyrrole nitrogens is 1. The normalized spacial score (nSPS) is 13.9. The fraction of sp³-hybridized carbons (Fsp3) is 0.167. The van der Waals surface area contributed by atoms with Crippen LogP contribution in [0.5, 0.6) is 0 Å². The number of hydrogen-bond donors (Lipinski definition) is 2. The molecule has 0 unspecified atom stereocenters. The molecule has 0 atom stereocenters. The van der Waals surface area contributed by atoms with Gasteiger partial charge in [0.25, 0.3) is 0 Å². The van der Waals surface area contributed by atoms with Gasteiger partial charge in [0.2, 0.25) is 0 Å². The van der Waals surface area contributed by atoms with Gasteiger partial charge in [-0.15, -0.1) is 0 Å². The average molecular weight is 309 g/mol. The van der Waals surface area contributed by atoms with E-state index >= 15 is 0 Å². The maximum absolute atomic E-state index is 13.7. The highest BCUT2D eigenvalue weighted by Crippen LogP contribution is 2.26. The highest BCUT2D eigenvalue weighted by molar-refractivity contribution is 6.01. The van der Waals surface area contributed by atoms with Gasteiger partial charge in [-0.05, 0) is 23.6 Å². The molecule has 1 aromatic heterocycles. The van der Waals surface area contributed by atoms with Crippen LogP contribution in [0.4, 0.5) is 14.9 Å². The number of amides is 2. The third-order valence-electron chi connectivity index (χ3n) is 4.32. The van der Waals surface area contributed by atoms with Gasteiger partial charge in [0.15, 0.2) is 0 Å². The van der Waals surface area contributed by atoms with Gasteiger partial charge in [0.1, 0.15) is 5.82 Å². The first-order valence-corrected chi connectivity index (χ1v) is 7.60. The molecule has 0 saturated heterocycles. The number of aromatic amines is 1. The Morgan fingerprint density at radius 1 is 1.13 bits per heavy atom. The van der Waals surface area contributed by atoms with Crippen molar-refractivity contribution in [3.05, 3.63) is 65.6 Å². The Balaban J connectivity index is 1.55. The first kappa shape index (κ1) is 13.8. The number of aromatic nitrogens is 1. The maximum Gasteiger partial charge on any atom is 0.322 e. The minimum atomic E-state index is -0.324. The molecule has 3 aromatic rings. The molecule has 2 amide bonds. The zero-order valence-electron chi connectivity index (χ0n) is 12.5. The second-order valence-corrected chi connectivity index (χ2v) is 5.74.